The summed E-state index contributed by atoms with van der Waals surface area (Å²) in [5.74, 6) is -3.98. The first-order valence-corrected chi connectivity index (χ1v) is 16.3. The fraction of sp³-hybridized carbons (Fsp3) is 0.595. The van der Waals surface area contributed by atoms with Crippen LogP contribution in [0.1, 0.15) is 85.8 Å². The van der Waals surface area contributed by atoms with Gasteiger partial charge in [-0.05, 0) is 56.1 Å². The summed E-state index contributed by atoms with van der Waals surface area (Å²) in [5.41, 5.74) is -2.72. The largest absolute Gasteiger partial charge is 0.459 e. The number of ether oxygens (including phenoxy) is 4. The number of rotatable bonds is 8. The molecule has 0 radical (unpaired) electrons. The van der Waals surface area contributed by atoms with Gasteiger partial charge >= 0.3 is 23.9 Å². The molecule has 0 amide bonds. The number of Topliss-reactive ketones (excluding diaryl/α,β-unsaturated/α-hetero) is 1. The van der Waals surface area contributed by atoms with Crippen LogP contribution in [0.4, 0.5) is 0 Å². The van der Waals surface area contributed by atoms with Crippen LogP contribution < -0.4 is 0 Å². The Morgan fingerprint density at radius 1 is 0.938 bits per heavy atom. The molecule has 0 aliphatic heterocycles. The first-order valence-electron chi connectivity index (χ1n) is 16.3. The summed E-state index contributed by atoms with van der Waals surface area (Å²) in [5, 5.41) is 12.8. The van der Waals surface area contributed by atoms with Crippen LogP contribution in [0.25, 0.3) is 0 Å². The van der Waals surface area contributed by atoms with E-state index in [1.165, 1.54) is 20.8 Å². The minimum atomic E-state index is -2.02. The van der Waals surface area contributed by atoms with Crippen LogP contribution >= 0.6 is 0 Å². The number of hydrogen-bond donors (Lipinski definition) is 1. The van der Waals surface area contributed by atoms with Crippen molar-refractivity contribution in [1.82, 2.24) is 4.90 Å². The normalized spacial score (nSPS) is 31.9. The smallest absolute Gasteiger partial charge is 0.308 e. The van der Waals surface area contributed by atoms with Gasteiger partial charge in [0.25, 0.3) is 0 Å². The molecule has 3 aliphatic carbocycles. The molecule has 1 N–H and O–H groups in total. The Morgan fingerprint density at radius 3 is 2.04 bits per heavy atom. The molecule has 8 atom stereocenters. The van der Waals surface area contributed by atoms with Crippen molar-refractivity contribution in [1.29, 1.82) is 0 Å². The summed E-state index contributed by atoms with van der Waals surface area (Å²) in [6.45, 7) is 14.8. The molecular weight excluding hydrogens is 618 g/mol. The third-order valence-electron chi connectivity index (χ3n) is 10.8. The van der Waals surface area contributed by atoms with Crippen molar-refractivity contribution < 1.29 is 48.0 Å². The lowest BCUT2D eigenvalue weighted by molar-refractivity contribution is -0.235. The van der Waals surface area contributed by atoms with Crippen LogP contribution in [0.2, 0.25) is 0 Å². The lowest BCUT2D eigenvalue weighted by Gasteiger charge is -2.62. The number of allylic oxidation sites excluding steroid dienone is 1. The molecular formula is C37H49NO10. The number of carbonyl (C=O) groups is 5. The summed E-state index contributed by atoms with van der Waals surface area (Å²) in [7, 11) is 3.75. The highest BCUT2D eigenvalue weighted by molar-refractivity contribution is 5.98. The van der Waals surface area contributed by atoms with Crippen molar-refractivity contribution in [2.24, 2.45) is 16.7 Å². The molecule has 11 nitrogen and oxygen atoms in total. The van der Waals surface area contributed by atoms with Gasteiger partial charge in [0.2, 0.25) is 0 Å². The predicted molar refractivity (Wildman–Crippen MR) is 175 cm³/mol. The third-order valence-corrected chi connectivity index (χ3v) is 10.8. The van der Waals surface area contributed by atoms with E-state index in [9.17, 15) is 29.1 Å². The maximum absolute atomic E-state index is 13.7. The van der Waals surface area contributed by atoms with Crippen LogP contribution in [-0.2, 0) is 42.9 Å². The SMILES string of the molecule is C=C1[C@@H](OC(=O)C[C@@H](c2ccccc2)N(C)C)CC[C@]2(C)[C@H]1[C@@H](OC(C)=O)[C@]1(O)CC(=O)C(C)=C([C@@H](OC(C)=O)[C@@H]2OC(C)=O)C1(C)C. The van der Waals surface area contributed by atoms with E-state index in [4.69, 9.17) is 18.9 Å². The van der Waals surface area contributed by atoms with Gasteiger partial charge in [0.05, 0.1) is 6.42 Å². The molecule has 0 heterocycles. The fourth-order valence-electron chi connectivity index (χ4n) is 8.31. The van der Waals surface area contributed by atoms with E-state index in [0.717, 1.165) is 5.56 Å². The molecule has 2 bridgehead atoms. The Morgan fingerprint density at radius 2 is 1.50 bits per heavy atom. The Hall–Kier alpha value is -3.83. The Bertz CT molecular complexity index is 1510. The van der Waals surface area contributed by atoms with E-state index in [-0.39, 0.29) is 36.5 Å². The van der Waals surface area contributed by atoms with Gasteiger partial charge in [0, 0.05) is 50.0 Å². The number of hydrogen-bond acceptors (Lipinski definition) is 11. The Labute approximate surface area is 282 Å². The zero-order chi connectivity index (χ0) is 35.9. The van der Waals surface area contributed by atoms with Crippen molar-refractivity contribution in [3.63, 3.8) is 0 Å². The first-order chi connectivity index (χ1) is 22.3. The molecule has 4 rings (SSSR count). The second kappa shape index (κ2) is 13.6. The summed E-state index contributed by atoms with van der Waals surface area (Å²) in [6, 6.07) is 9.31. The van der Waals surface area contributed by atoms with Gasteiger partial charge in [0.1, 0.15) is 23.9 Å². The van der Waals surface area contributed by atoms with Gasteiger partial charge in [-0.25, -0.2) is 0 Å². The summed E-state index contributed by atoms with van der Waals surface area (Å²) >= 11 is 0. The number of benzene rings is 1. The van der Waals surface area contributed by atoms with Crippen molar-refractivity contribution in [3.8, 4) is 0 Å². The quantitative estimate of drug-likeness (QED) is 0.239. The molecule has 0 unspecified atom stereocenters. The van der Waals surface area contributed by atoms with Gasteiger partial charge in [-0.1, -0.05) is 57.7 Å². The van der Waals surface area contributed by atoms with E-state index in [1.807, 2.05) is 49.3 Å². The highest BCUT2D eigenvalue weighted by Crippen LogP contribution is 2.62. The van der Waals surface area contributed by atoms with Gasteiger partial charge < -0.3 is 29.0 Å². The third kappa shape index (κ3) is 6.59. The van der Waals surface area contributed by atoms with Gasteiger partial charge in [0.15, 0.2) is 11.9 Å². The minimum absolute atomic E-state index is 0.0413. The second-order valence-corrected chi connectivity index (χ2v) is 14.4. The molecule has 2 saturated carbocycles. The van der Waals surface area contributed by atoms with E-state index < -0.39 is 82.8 Å². The van der Waals surface area contributed by atoms with E-state index in [2.05, 4.69) is 6.58 Å². The number of ketones is 1. The average molecular weight is 668 g/mol. The molecule has 1 aromatic carbocycles. The molecule has 2 fully saturated rings. The standard InChI is InChI=1S/C37H49NO10/c1-20-27(42)19-37(44)33(46-23(4)40)31-21(2)28(48-29(43)18-26(38(9)10)25-14-12-11-13-15-25)16-17-36(31,8)34(47-24(5)41)32(45-22(3)39)30(20)35(37,6)7/h11-15,26,28,31-34,44H,2,16-19H2,1,3-10H3/t26-,28-,31+,32+,33+,34-,36+,37+/m0/s1. The highest BCUT2D eigenvalue weighted by atomic mass is 16.6. The van der Waals surface area contributed by atoms with Crippen molar-refractivity contribution in [2.45, 2.75) is 110 Å². The molecule has 48 heavy (non-hydrogen) atoms. The van der Waals surface area contributed by atoms with E-state index in [0.29, 0.717) is 5.57 Å². The van der Waals surface area contributed by atoms with E-state index >= 15 is 0 Å². The molecule has 11 heteroatoms. The number of nitrogens with zero attached hydrogens (tertiary/aromatic N) is 1. The van der Waals surface area contributed by atoms with Crippen LogP contribution in [0.15, 0.2) is 53.6 Å². The lowest BCUT2D eigenvalue weighted by Crippen LogP contribution is -2.70. The minimum Gasteiger partial charge on any atom is -0.459 e. The van der Waals surface area contributed by atoms with Crippen molar-refractivity contribution >= 4 is 29.7 Å². The molecule has 262 valence electrons. The maximum Gasteiger partial charge on any atom is 0.308 e. The Balaban J connectivity index is 1.87. The van der Waals surface area contributed by atoms with Crippen LogP contribution in [0, 0.1) is 16.7 Å². The number of esters is 4. The first kappa shape index (κ1) is 37.0. The fourth-order valence-corrected chi connectivity index (χ4v) is 8.31. The molecule has 0 spiro atoms. The molecule has 1 aromatic rings. The zero-order valence-corrected chi connectivity index (χ0v) is 29.5. The number of carbonyl (C=O) groups excluding carboxylic acids is 5. The van der Waals surface area contributed by atoms with Crippen molar-refractivity contribution in [3.05, 3.63) is 59.2 Å². The van der Waals surface area contributed by atoms with Crippen LogP contribution in [0.3, 0.4) is 0 Å². The monoisotopic (exact) mass is 667 g/mol. The van der Waals surface area contributed by atoms with Gasteiger partial charge in [-0.2, -0.15) is 0 Å². The topological polar surface area (TPSA) is 146 Å². The highest BCUT2D eigenvalue weighted by Gasteiger charge is 2.69. The van der Waals surface area contributed by atoms with Gasteiger partial charge in [-0.3, -0.25) is 24.0 Å². The summed E-state index contributed by atoms with van der Waals surface area (Å²) < 4.78 is 24.0. The second-order valence-electron chi connectivity index (χ2n) is 14.4. The van der Waals surface area contributed by atoms with E-state index in [1.54, 1.807) is 27.7 Å². The van der Waals surface area contributed by atoms with Crippen molar-refractivity contribution in [2.75, 3.05) is 14.1 Å². The average Bonchev–Trinajstić information content (AvgIpc) is 2.97. The molecule has 0 aromatic heterocycles. The maximum atomic E-state index is 13.7. The molecule has 0 saturated heterocycles. The Kier molecular flexibility index (Phi) is 10.5. The number of aliphatic hydroxyl groups is 1. The van der Waals surface area contributed by atoms with Gasteiger partial charge in [-0.15, -0.1) is 0 Å². The van der Waals surface area contributed by atoms with Crippen LogP contribution in [0.5, 0.6) is 0 Å². The lowest BCUT2D eigenvalue weighted by atomic mass is 9.47. The number of fused-ring (bicyclic) bond motifs is 3. The summed E-state index contributed by atoms with van der Waals surface area (Å²) in [6.07, 6.45) is -4.57. The predicted octanol–water partition coefficient (Wildman–Crippen LogP) is 4.42. The van der Waals surface area contributed by atoms with Crippen LogP contribution in [-0.4, -0.2) is 83.8 Å². The zero-order valence-electron chi connectivity index (χ0n) is 29.5. The summed E-state index contributed by atoms with van der Waals surface area (Å²) in [4.78, 5) is 67.4. The molecule has 3 aliphatic rings.